The predicted molar refractivity (Wildman–Crippen MR) is 89.2 cm³/mol. The summed E-state index contributed by atoms with van der Waals surface area (Å²) in [5, 5.41) is 2.97. The lowest BCUT2D eigenvalue weighted by molar-refractivity contribution is -0.122. The molecule has 0 bridgehead atoms. The fourth-order valence-corrected chi connectivity index (χ4v) is 3.63. The van der Waals surface area contributed by atoms with Crippen molar-refractivity contribution in [1.82, 2.24) is 10.2 Å². The lowest BCUT2D eigenvalue weighted by Gasteiger charge is -2.47. The van der Waals surface area contributed by atoms with E-state index >= 15 is 0 Å². The number of nitrogens with two attached hydrogens (primary N) is 1. The second-order valence-corrected chi connectivity index (χ2v) is 6.83. The zero-order valence-electron chi connectivity index (χ0n) is 14.5. The molecule has 1 amide bonds. The van der Waals surface area contributed by atoms with Crippen molar-refractivity contribution in [2.75, 3.05) is 19.6 Å². The standard InChI is InChI=1S/C17H35N3O/c1-5-15-7-10-17(13-18,11-8-15)20(6-2)12-9-16(21)19-14(3)4/h14-15H,5-13,18H2,1-4H3,(H,19,21). The van der Waals surface area contributed by atoms with E-state index < -0.39 is 0 Å². The monoisotopic (exact) mass is 297 g/mol. The van der Waals surface area contributed by atoms with Gasteiger partial charge < -0.3 is 11.1 Å². The Morgan fingerprint density at radius 2 is 1.95 bits per heavy atom. The van der Waals surface area contributed by atoms with Crippen LogP contribution in [0, 0.1) is 5.92 Å². The number of carbonyl (C=O) groups is 1. The summed E-state index contributed by atoms with van der Waals surface area (Å²) in [4.78, 5) is 14.3. The largest absolute Gasteiger partial charge is 0.354 e. The molecule has 124 valence electrons. The number of likely N-dealkylation sites (N-methyl/N-ethyl adjacent to an activating group) is 1. The number of rotatable bonds is 8. The van der Waals surface area contributed by atoms with Crippen molar-refractivity contribution in [2.45, 2.75) is 77.8 Å². The Balaban J connectivity index is 2.57. The van der Waals surface area contributed by atoms with Crippen molar-refractivity contribution in [3.63, 3.8) is 0 Å². The van der Waals surface area contributed by atoms with Crippen molar-refractivity contribution in [3.8, 4) is 0 Å². The molecule has 1 rings (SSSR count). The first-order valence-electron chi connectivity index (χ1n) is 8.71. The normalized spacial score (nSPS) is 26.3. The molecular formula is C17H35N3O. The van der Waals surface area contributed by atoms with E-state index in [1.54, 1.807) is 0 Å². The van der Waals surface area contributed by atoms with Crippen LogP contribution in [0.5, 0.6) is 0 Å². The van der Waals surface area contributed by atoms with Gasteiger partial charge in [0.1, 0.15) is 0 Å². The van der Waals surface area contributed by atoms with Crippen LogP contribution in [-0.2, 0) is 4.79 Å². The van der Waals surface area contributed by atoms with Crippen LogP contribution >= 0.6 is 0 Å². The lowest BCUT2D eigenvalue weighted by Crippen LogP contribution is -2.56. The minimum absolute atomic E-state index is 0.124. The summed E-state index contributed by atoms with van der Waals surface area (Å²) < 4.78 is 0. The Bertz CT molecular complexity index is 309. The molecule has 1 fully saturated rings. The average Bonchev–Trinajstić information content (AvgIpc) is 2.47. The van der Waals surface area contributed by atoms with Crippen LogP contribution in [0.25, 0.3) is 0 Å². The van der Waals surface area contributed by atoms with Gasteiger partial charge in [-0.3, -0.25) is 9.69 Å². The summed E-state index contributed by atoms with van der Waals surface area (Å²) in [6, 6.07) is 0.219. The molecule has 1 saturated carbocycles. The van der Waals surface area contributed by atoms with Gasteiger partial charge in [-0.2, -0.15) is 0 Å². The molecule has 3 N–H and O–H groups in total. The minimum Gasteiger partial charge on any atom is -0.354 e. The summed E-state index contributed by atoms with van der Waals surface area (Å²) >= 11 is 0. The van der Waals surface area contributed by atoms with Crippen molar-refractivity contribution < 1.29 is 4.79 Å². The zero-order valence-corrected chi connectivity index (χ0v) is 14.5. The van der Waals surface area contributed by atoms with E-state index in [2.05, 4.69) is 24.1 Å². The average molecular weight is 297 g/mol. The van der Waals surface area contributed by atoms with Crippen LogP contribution in [0.4, 0.5) is 0 Å². The smallest absolute Gasteiger partial charge is 0.221 e. The van der Waals surface area contributed by atoms with Crippen LogP contribution in [0.1, 0.15) is 66.2 Å². The number of hydrogen-bond acceptors (Lipinski definition) is 3. The zero-order chi connectivity index (χ0) is 15.9. The predicted octanol–water partition coefficient (Wildman–Crippen LogP) is 2.52. The van der Waals surface area contributed by atoms with Gasteiger partial charge in [-0.25, -0.2) is 0 Å². The molecule has 0 atom stereocenters. The Morgan fingerprint density at radius 3 is 2.38 bits per heavy atom. The van der Waals surface area contributed by atoms with Crippen LogP contribution in [0.3, 0.4) is 0 Å². The topological polar surface area (TPSA) is 58.4 Å². The van der Waals surface area contributed by atoms with Crippen LogP contribution in [-0.4, -0.2) is 42.0 Å². The molecule has 0 saturated heterocycles. The molecule has 0 spiro atoms. The maximum Gasteiger partial charge on any atom is 0.221 e. The Hall–Kier alpha value is -0.610. The summed E-state index contributed by atoms with van der Waals surface area (Å²) in [5.74, 6) is 1.02. The highest BCUT2D eigenvalue weighted by molar-refractivity contribution is 5.76. The summed E-state index contributed by atoms with van der Waals surface area (Å²) in [5.41, 5.74) is 6.27. The molecule has 0 unspecified atom stereocenters. The summed E-state index contributed by atoms with van der Waals surface area (Å²) in [6.07, 6.45) is 6.78. The van der Waals surface area contributed by atoms with E-state index in [1.165, 1.54) is 32.1 Å². The SMILES string of the molecule is CCC1CCC(CN)(N(CC)CCC(=O)NC(C)C)CC1. The van der Waals surface area contributed by atoms with Gasteiger partial charge in [0.2, 0.25) is 5.91 Å². The molecule has 4 heteroatoms. The summed E-state index contributed by atoms with van der Waals surface area (Å²) in [6.45, 7) is 11.0. The Labute approximate surface area is 130 Å². The molecule has 4 nitrogen and oxygen atoms in total. The van der Waals surface area contributed by atoms with Gasteiger partial charge in [-0.15, -0.1) is 0 Å². The third-order valence-electron chi connectivity index (χ3n) is 5.10. The highest BCUT2D eigenvalue weighted by atomic mass is 16.1. The summed E-state index contributed by atoms with van der Waals surface area (Å²) in [7, 11) is 0. The molecule has 0 aromatic rings. The van der Waals surface area contributed by atoms with Gasteiger partial charge >= 0.3 is 0 Å². The number of carbonyl (C=O) groups excluding carboxylic acids is 1. The van der Waals surface area contributed by atoms with Crippen LogP contribution in [0.2, 0.25) is 0 Å². The third-order valence-corrected chi connectivity index (χ3v) is 5.10. The molecule has 0 aromatic heterocycles. The van der Waals surface area contributed by atoms with E-state index in [9.17, 15) is 4.79 Å². The van der Waals surface area contributed by atoms with E-state index in [0.29, 0.717) is 13.0 Å². The van der Waals surface area contributed by atoms with Gasteiger partial charge in [0.25, 0.3) is 0 Å². The Morgan fingerprint density at radius 1 is 1.33 bits per heavy atom. The van der Waals surface area contributed by atoms with Gasteiger partial charge in [0.05, 0.1) is 0 Å². The first-order chi connectivity index (χ1) is 9.97. The number of nitrogens with zero attached hydrogens (tertiary/aromatic N) is 1. The molecule has 0 heterocycles. The van der Waals surface area contributed by atoms with E-state index in [0.717, 1.165) is 19.0 Å². The Kier molecular flexibility index (Phi) is 7.67. The fourth-order valence-electron chi connectivity index (χ4n) is 3.63. The molecule has 21 heavy (non-hydrogen) atoms. The van der Waals surface area contributed by atoms with Crippen molar-refractivity contribution >= 4 is 5.91 Å². The number of nitrogens with one attached hydrogen (secondary N) is 1. The van der Waals surface area contributed by atoms with Crippen molar-refractivity contribution in [2.24, 2.45) is 11.7 Å². The number of amides is 1. The fraction of sp³-hybridized carbons (Fsp3) is 0.941. The molecule has 1 aliphatic rings. The maximum atomic E-state index is 11.9. The van der Waals surface area contributed by atoms with Gasteiger partial charge in [-0.1, -0.05) is 20.3 Å². The second-order valence-electron chi connectivity index (χ2n) is 6.83. The highest BCUT2D eigenvalue weighted by Gasteiger charge is 2.38. The van der Waals surface area contributed by atoms with E-state index in [-0.39, 0.29) is 17.5 Å². The van der Waals surface area contributed by atoms with E-state index in [4.69, 9.17) is 5.73 Å². The molecule has 1 aliphatic carbocycles. The number of hydrogen-bond donors (Lipinski definition) is 2. The maximum absolute atomic E-state index is 11.9. The van der Waals surface area contributed by atoms with E-state index in [1.807, 2.05) is 13.8 Å². The van der Waals surface area contributed by atoms with Gasteiger partial charge in [0, 0.05) is 31.1 Å². The quantitative estimate of drug-likeness (QED) is 0.724. The third kappa shape index (κ3) is 5.26. The van der Waals surface area contributed by atoms with Crippen LogP contribution < -0.4 is 11.1 Å². The minimum atomic E-state index is 0.124. The molecule has 0 aliphatic heterocycles. The van der Waals surface area contributed by atoms with Crippen LogP contribution in [0.15, 0.2) is 0 Å². The van der Waals surface area contributed by atoms with Gasteiger partial charge in [-0.05, 0) is 52.0 Å². The first-order valence-corrected chi connectivity index (χ1v) is 8.71. The van der Waals surface area contributed by atoms with Crippen molar-refractivity contribution in [1.29, 1.82) is 0 Å². The molecular weight excluding hydrogens is 262 g/mol. The van der Waals surface area contributed by atoms with Crippen molar-refractivity contribution in [3.05, 3.63) is 0 Å². The highest BCUT2D eigenvalue weighted by Crippen LogP contribution is 2.37. The van der Waals surface area contributed by atoms with Gasteiger partial charge in [0.15, 0.2) is 0 Å². The second kappa shape index (κ2) is 8.74. The first kappa shape index (κ1) is 18.4. The molecule has 0 radical (unpaired) electrons. The lowest BCUT2D eigenvalue weighted by atomic mass is 9.74. The molecule has 0 aromatic carbocycles.